The molecule has 0 heterocycles. The molecule has 26 heavy (non-hydrogen) atoms. The van der Waals surface area contributed by atoms with Crippen LogP contribution in [-0.2, 0) is 19.2 Å². The average molecular weight is 370 g/mol. The Kier molecular flexibility index (Phi) is 5.32. The van der Waals surface area contributed by atoms with Gasteiger partial charge >= 0.3 is 35.8 Å². The first-order valence-corrected chi connectivity index (χ1v) is 6.42. The molecule has 0 aliphatic rings. The largest absolute Gasteiger partial charge is 0.481 e. The molecule has 0 aromatic heterocycles. The Morgan fingerprint density at radius 2 is 1.12 bits per heavy atom. The van der Waals surface area contributed by atoms with Crippen LogP contribution in [0.15, 0.2) is 18.2 Å². The van der Waals surface area contributed by atoms with E-state index in [9.17, 15) is 33.9 Å². The molecule has 0 fully saturated rings. The second-order valence-electron chi connectivity index (χ2n) is 4.91. The molecule has 0 saturated carbocycles. The molecule has 1 aromatic rings. The van der Waals surface area contributed by atoms with Crippen LogP contribution in [0.2, 0.25) is 0 Å². The van der Waals surface area contributed by atoms with Crippen LogP contribution < -0.4 is 0 Å². The highest BCUT2D eigenvalue weighted by molar-refractivity contribution is 6.20. The number of carboxylic acids is 6. The van der Waals surface area contributed by atoms with Crippen LogP contribution in [0.3, 0.4) is 0 Å². The third-order valence-corrected chi connectivity index (χ3v) is 3.53. The Labute approximate surface area is 142 Å². The molecular weight excluding hydrogens is 360 g/mol. The third kappa shape index (κ3) is 3.02. The standard InChI is InChI=1S/C14H10O12/c15-8(16)5-2-1-4(3-6(5)9(17)18)7(10(19)20)14(11(21)22,12(23)24)13(25)26/h1-3,7H,(H,15,16)(H,17,18)(H,19,20)(H,21,22)(H,23,24)(H,25,26). The molecule has 12 heteroatoms. The topological polar surface area (TPSA) is 224 Å². The number of carbonyl (C=O) groups is 6. The highest BCUT2D eigenvalue weighted by atomic mass is 16.4. The van der Waals surface area contributed by atoms with E-state index in [0.717, 1.165) is 0 Å². The van der Waals surface area contributed by atoms with Crippen LogP contribution in [0.5, 0.6) is 0 Å². The number of rotatable bonds is 8. The second kappa shape index (κ2) is 6.88. The molecule has 138 valence electrons. The van der Waals surface area contributed by atoms with Crippen molar-refractivity contribution in [3.8, 4) is 0 Å². The van der Waals surface area contributed by atoms with Gasteiger partial charge in [-0.25, -0.2) is 9.59 Å². The van der Waals surface area contributed by atoms with Crippen molar-refractivity contribution in [2.24, 2.45) is 5.41 Å². The minimum atomic E-state index is -3.88. The number of hydrogen-bond acceptors (Lipinski definition) is 6. The summed E-state index contributed by atoms with van der Waals surface area (Å²) in [5, 5.41) is 54.6. The van der Waals surface area contributed by atoms with E-state index in [0.29, 0.717) is 18.2 Å². The lowest BCUT2D eigenvalue weighted by molar-refractivity contribution is -0.181. The van der Waals surface area contributed by atoms with Crippen molar-refractivity contribution in [2.75, 3.05) is 0 Å². The maximum absolute atomic E-state index is 11.5. The molecule has 12 nitrogen and oxygen atoms in total. The van der Waals surface area contributed by atoms with Gasteiger partial charge in [0.15, 0.2) is 0 Å². The molecule has 0 bridgehead atoms. The molecule has 1 atom stereocenters. The fourth-order valence-corrected chi connectivity index (χ4v) is 2.33. The minimum Gasteiger partial charge on any atom is -0.481 e. The van der Waals surface area contributed by atoms with Gasteiger partial charge in [-0.3, -0.25) is 19.2 Å². The Hall–Kier alpha value is -3.96. The predicted octanol–water partition coefficient (Wildman–Crippen LogP) is -0.509. The van der Waals surface area contributed by atoms with Crippen molar-refractivity contribution in [3.63, 3.8) is 0 Å². The minimum absolute atomic E-state index is 0.411. The lowest BCUT2D eigenvalue weighted by Crippen LogP contribution is -2.53. The molecule has 0 radical (unpaired) electrons. The zero-order valence-electron chi connectivity index (χ0n) is 12.4. The second-order valence-corrected chi connectivity index (χ2v) is 4.91. The zero-order chi connectivity index (χ0) is 20.4. The van der Waals surface area contributed by atoms with Gasteiger partial charge in [0, 0.05) is 0 Å². The molecule has 0 aliphatic heterocycles. The van der Waals surface area contributed by atoms with E-state index in [-0.39, 0.29) is 0 Å². The fourth-order valence-electron chi connectivity index (χ4n) is 2.33. The summed E-state index contributed by atoms with van der Waals surface area (Å²) in [5.74, 6) is -16.0. The molecule has 0 amide bonds. The summed E-state index contributed by atoms with van der Waals surface area (Å²) in [6.45, 7) is 0. The van der Waals surface area contributed by atoms with Gasteiger partial charge in [-0.1, -0.05) is 6.07 Å². The molecule has 6 N–H and O–H groups in total. The SMILES string of the molecule is O=C(O)c1ccc(C(C(=O)O)C(C(=O)O)(C(=O)O)C(=O)O)cc1C(=O)O. The third-order valence-electron chi connectivity index (χ3n) is 3.53. The van der Waals surface area contributed by atoms with E-state index in [1.165, 1.54) is 0 Å². The van der Waals surface area contributed by atoms with Crippen LogP contribution >= 0.6 is 0 Å². The predicted molar refractivity (Wildman–Crippen MR) is 76.1 cm³/mol. The van der Waals surface area contributed by atoms with E-state index in [1.54, 1.807) is 0 Å². The summed E-state index contributed by atoms with van der Waals surface area (Å²) in [6, 6.07) is 1.65. The van der Waals surface area contributed by atoms with Gasteiger partial charge in [-0.2, -0.15) is 0 Å². The number of aliphatic carboxylic acids is 4. The van der Waals surface area contributed by atoms with Gasteiger partial charge in [-0.05, 0) is 17.7 Å². The molecule has 0 saturated heterocycles. The van der Waals surface area contributed by atoms with Crippen LogP contribution in [0.25, 0.3) is 0 Å². The summed E-state index contributed by atoms with van der Waals surface area (Å²) in [6.07, 6.45) is 0. The van der Waals surface area contributed by atoms with E-state index < -0.39 is 63.8 Å². The average Bonchev–Trinajstić information content (AvgIpc) is 2.49. The van der Waals surface area contributed by atoms with Crippen molar-refractivity contribution in [1.82, 2.24) is 0 Å². The van der Waals surface area contributed by atoms with Crippen LogP contribution in [0.1, 0.15) is 32.2 Å². The number of carboxylic acid groups (broad SMARTS) is 6. The van der Waals surface area contributed by atoms with Crippen molar-refractivity contribution in [1.29, 1.82) is 0 Å². The lowest BCUT2D eigenvalue weighted by atomic mass is 9.71. The van der Waals surface area contributed by atoms with Gasteiger partial charge in [0.1, 0.15) is 5.92 Å². The van der Waals surface area contributed by atoms with Gasteiger partial charge in [0.25, 0.3) is 5.41 Å². The van der Waals surface area contributed by atoms with Gasteiger partial charge in [-0.15, -0.1) is 0 Å². The van der Waals surface area contributed by atoms with E-state index in [4.69, 9.17) is 25.5 Å². The molecule has 1 rings (SSSR count). The summed E-state index contributed by atoms with van der Waals surface area (Å²) >= 11 is 0. The molecule has 1 aromatic carbocycles. The van der Waals surface area contributed by atoms with Gasteiger partial charge in [0.2, 0.25) is 0 Å². The lowest BCUT2D eigenvalue weighted by Gasteiger charge is -2.27. The van der Waals surface area contributed by atoms with Crippen LogP contribution in [-0.4, -0.2) is 66.5 Å². The van der Waals surface area contributed by atoms with Crippen LogP contribution in [0, 0.1) is 5.41 Å². The quantitative estimate of drug-likeness (QED) is 0.318. The number of hydrogen-bond donors (Lipinski definition) is 6. The smallest absolute Gasteiger partial charge is 0.336 e. The number of benzene rings is 1. The summed E-state index contributed by atoms with van der Waals surface area (Å²) < 4.78 is 0. The molecular formula is C14H10O12. The van der Waals surface area contributed by atoms with Crippen LogP contribution in [0.4, 0.5) is 0 Å². The normalized spacial score (nSPS) is 12.0. The Morgan fingerprint density at radius 1 is 0.692 bits per heavy atom. The highest BCUT2D eigenvalue weighted by Gasteiger charge is 2.63. The molecule has 1 unspecified atom stereocenters. The Morgan fingerprint density at radius 3 is 1.42 bits per heavy atom. The van der Waals surface area contributed by atoms with Crippen molar-refractivity contribution >= 4 is 35.8 Å². The van der Waals surface area contributed by atoms with E-state index in [2.05, 4.69) is 0 Å². The number of aromatic carboxylic acids is 2. The Bertz CT molecular complexity index is 800. The molecule has 0 spiro atoms. The maximum Gasteiger partial charge on any atom is 0.336 e. The fraction of sp³-hybridized carbons (Fsp3) is 0.143. The van der Waals surface area contributed by atoms with Gasteiger partial charge < -0.3 is 30.6 Å². The van der Waals surface area contributed by atoms with E-state index >= 15 is 0 Å². The van der Waals surface area contributed by atoms with Crippen molar-refractivity contribution in [3.05, 3.63) is 34.9 Å². The first-order chi connectivity index (χ1) is 11.9. The van der Waals surface area contributed by atoms with Gasteiger partial charge in [0.05, 0.1) is 11.1 Å². The van der Waals surface area contributed by atoms with Crippen molar-refractivity contribution < 1.29 is 59.4 Å². The monoisotopic (exact) mass is 370 g/mol. The maximum atomic E-state index is 11.5. The molecule has 0 aliphatic carbocycles. The first kappa shape index (κ1) is 20.1. The summed E-state index contributed by atoms with van der Waals surface area (Å²) in [4.78, 5) is 67.8. The Balaban J connectivity index is 3.88. The van der Waals surface area contributed by atoms with Crippen molar-refractivity contribution in [2.45, 2.75) is 5.92 Å². The zero-order valence-corrected chi connectivity index (χ0v) is 12.4. The van der Waals surface area contributed by atoms with E-state index in [1.807, 2.05) is 0 Å². The highest BCUT2D eigenvalue weighted by Crippen LogP contribution is 2.38. The summed E-state index contributed by atoms with van der Waals surface area (Å²) in [5.41, 5.74) is -6.48. The summed E-state index contributed by atoms with van der Waals surface area (Å²) in [7, 11) is 0. The first-order valence-electron chi connectivity index (χ1n) is 6.42.